The molecule has 1 aliphatic heterocycles. The Kier molecular flexibility index (Phi) is 38.0. The van der Waals surface area contributed by atoms with Gasteiger partial charge in [-0.2, -0.15) is 15.0 Å². The summed E-state index contributed by atoms with van der Waals surface area (Å²) in [7, 11) is 3.97. The maximum Gasteiger partial charge on any atom is 0.332 e. The van der Waals surface area contributed by atoms with Crippen molar-refractivity contribution in [1.29, 1.82) is 0 Å². The number of hydrogen-bond donors (Lipinski definition) is 3. The molecule has 0 unspecified atom stereocenters. The van der Waals surface area contributed by atoms with E-state index in [4.69, 9.17) is 39.0 Å². The van der Waals surface area contributed by atoms with Crippen molar-refractivity contribution in [3.63, 3.8) is 0 Å². The Morgan fingerprint density at radius 2 is 0.779 bits per heavy atom. The Hall–Kier alpha value is -10.2. The van der Waals surface area contributed by atoms with Crippen molar-refractivity contribution in [2.24, 2.45) is 33.2 Å². The number of ether oxygens (including phenoxy) is 5. The van der Waals surface area contributed by atoms with Gasteiger partial charge in [0.25, 0.3) is 22.2 Å². The van der Waals surface area contributed by atoms with E-state index in [9.17, 15) is 38.4 Å². The molecule has 0 radical (unpaired) electrons. The minimum Gasteiger partial charge on any atom is -0.506 e. The maximum absolute atomic E-state index is 13.3. The SMILES string of the molecule is CCCCBr.CCCCn1c(=O)c2c(nc(Br)n2COCC[Si](C)(C)C)n(C)c1=O.CCCCn1c(=O)c2c(nc(Oc3cncc(C)c3)n2COCC[Si](C)(C)C)n(C)c1=O.CCCCn1c(Oc2cncc(C)c2)nc2c1c(=O)n(CCCO)c(=O)n2C.Cc1cncc(O)c1.Cc1cncc(OC2=Nc3c(c(=O)n(CCCO)c(=O)n3C)C2)c1. The number of aryl methyl sites for hydroxylation is 8. The Bertz CT molecular complexity index is 5890. The first kappa shape index (κ1) is 98.9. The van der Waals surface area contributed by atoms with Crippen molar-refractivity contribution >= 4 is 93.2 Å². The van der Waals surface area contributed by atoms with Gasteiger partial charge < -0.3 is 39.0 Å². The summed E-state index contributed by atoms with van der Waals surface area (Å²) in [5.41, 5.74) is 3.05. The Morgan fingerprint density at radius 1 is 0.426 bits per heavy atom. The average molecular weight is 1850 g/mol. The molecule has 3 N–H and O–H groups in total. The number of alkyl halides is 1. The highest BCUT2D eigenvalue weighted by Crippen LogP contribution is 2.29. The highest BCUT2D eigenvalue weighted by Gasteiger charge is 2.28. The number of pyridine rings is 4. The molecule has 0 saturated heterocycles. The van der Waals surface area contributed by atoms with Crippen LogP contribution in [-0.2, 0) is 90.3 Å². The van der Waals surface area contributed by atoms with Gasteiger partial charge in [0.1, 0.15) is 42.3 Å². The maximum atomic E-state index is 13.3. The van der Waals surface area contributed by atoms with E-state index in [2.05, 4.69) is 125 Å². The quantitative estimate of drug-likeness (QED) is 0.0153. The van der Waals surface area contributed by atoms with Gasteiger partial charge in [-0.3, -0.25) is 89.4 Å². The molecule has 11 aromatic rings. The van der Waals surface area contributed by atoms with Crippen LogP contribution in [0.5, 0.6) is 35.0 Å². The number of rotatable bonds is 32. The normalized spacial score (nSPS) is 11.7. The zero-order valence-electron chi connectivity index (χ0n) is 73.5. The van der Waals surface area contributed by atoms with Crippen molar-refractivity contribution in [3.8, 4) is 35.0 Å². The summed E-state index contributed by atoms with van der Waals surface area (Å²) >= 11 is 6.70. The van der Waals surface area contributed by atoms with Crippen molar-refractivity contribution in [3.05, 3.63) is 190 Å². The molecule has 12 rings (SSSR count). The van der Waals surface area contributed by atoms with Crippen LogP contribution in [0.4, 0.5) is 5.82 Å². The summed E-state index contributed by atoms with van der Waals surface area (Å²) in [5.74, 6) is 2.45. The van der Waals surface area contributed by atoms with Crippen LogP contribution in [0.25, 0.3) is 33.5 Å². The number of hydrogen-bond acceptors (Lipinski definition) is 24. The lowest BCUT2D eigenvalue weighted by Gasteiger charge is -2.16. The first-order valence-corrected chi connectivity index (χ1v) is 50.3. The lowest BCUT2D eigenvalue weighted by molar-refractivity contribution is 0.0848. The van der Waals surface area contributed by atoms with Crippen molar-refractivity contribution in [2.45, 2.75) is 224 Å². The molecular formula is C83H119Br2N19O16Si2. The molecule has 0 aromatic carbocycles. The highest BCUT2D eigenvalue weighted by molar-refractivity contribution is 9.10. The molecule has 35 nitrogen and oxygen atoms in total. The lowest BCUT2D eigenvalue weighted by Crippen LogP contribution is -2.40. The highest BCUT2D eigenvalue weighted by atomic mass is 79.9. The lowest BCUT2D eigenvalue weighted by atomic mass is 10.2. The number of aromatic nitrogens is 18. The molecule has 1 aliphatic rings. The predicted molar refractivity (Wildman–Crippen MR) is 486 cm³/mol. The van der Waals surface area contributed by atoms with Gasteiger partial charge in [0.15, 0.2) is 38.2 Å². The number of imidazole rings is 3. The van der Waals surface area contributed by atoms with E-state index in [0.717, 1.165) is 87.3 Å². The first-order valence-electron chi connectivity index (χ1n) is 41.0. The number of fused-ring (bicyclic) bond motifs is 4. The zero-order valence-corrected chi connectivity index (χ0v) is 78.7. The summed E-state index contributed by atoms with van der Waals surface area (Å²) in [4.78, 5) is 135. The number of unbranched alkanes of at least 4 members (excludes halogenated alkanes) is 4. The fourth-order valence-electron chi connectivity index (χ4n) is 12.2. The number of aliphatic hydroxyl groups is 2. The van der Waals surface area contributed by atoms with Crippen LogP contribution in [0.3, 0.4) is 0 Å². The van der Waals surface area contributed by atoms with Crippen molar-refractivity contribution < 1.29 is 39.0 Å². The van der Waals surface area contributed by atoms with Crippen LogP contribution < -0.4 is 59.2 Å². The zero-order chi connectivity index (χ0) is 89.9. The third-order valence-electron chi connectivity index (χ3n) is 19.0. The third kappa shape index (κ3) is 26.9. The van der Waals surface area contributed by atoms with Crippen LogP contribution in [-0.4, -0.2) is 154 Å². The molecule has 0 bridgehead atoms. The fourth-order valence-corrected chi connectivity index (χ4v) is 14.7. The second-order valence-electron chi connectivity index (χ2n) is 31.9. The molecule has 39 heteroatoms. The third-order valence-corrected chi connectivity index (χ3v) is 23.6. The van der Waals surface area contributed by atoms with Crippen LogP contribution in [0, 0.1) is 27.7 Å². The van der Waals surface area contributed by atoms with Gasteiger partial charge in [-0.1, -0.05) is 109 Å². The molecule has 0 aliphatic carbocycles. The predicted octanol–water partition coefficient (Wildman–Crippen LogP) is 11.4. The van der Waals surface area contributed by atoms with Gasteiger partial charge >= 0.3 is 34.8 Å². The van der Waals surface area contributed by atoms with Gasteiger partial charge in [0.2, 0.25) is 5.90 Å². The summed E-state index contributed by atoms with van der Waals surface area (Å²) in [6, 6.07) is 9.64. The number of aliphatic hydroxyl groups excluding tert-OH is 2. The molecule has 11 aromatic heterocycles. The summed E-state index contributed by atoms with van der Waals surface area (Å²) in [5, 5.41) is 27.9. The Balaban J connectivity index is 0.000000214. The molecule has 0 amide bonds. The molecule has 664 valence electrons. The van der Waals surface area contributed by atoms with E-state index >= 15 is 0 Å². The number of aliphatic imine (C=N–C) groups is 1. The van der Waals surface area contributed by atoms with Crippen LogP contribution in [0.15, 0.2) is 122 Å². The van der Waals surface area contributed by atoms with Gasteiger partial charge in [0.05, 0.1) is 36.8 Å². The van der Waals surface area contributed by atoms with E-state index in [1.807, 2.05) is 59.7 Å². The van der Waals surface area contributed by atoms with E-state index in [1.165, 1.54) is 46.4 Å². The minimum atomic E-state index is -1.27. The molecule has 122 heavy (non-hydrogen) atoms. The van der Waals surface area contributed by atoms with Crippen LogP contribution in [0.1, 0.15) is 120 Å². The van der Waals surface area contributed by atoms with E-state index in [-0.39, 0.29) is 103 Å². The Morgan fingerprint density at radius 3 is 1.16 bits per heavy atom. The molecular weight excluding hydrogens is 1740 g/mol. The van der Waals surface area contributed by atoms with E-state index in [1.54, 1.807) is 91.3 Å². The summed E-state index contributed by atoms with van der Waals surface area (Å²) < 4.78 is 45.2. The van der Waals surface area contributed by atoms with Crippen molar-refractivity contribution in [1.82, 2.24) is 85.1 Å². The number of nitrogens with zero attached hydrogens (tertiary/aromatic N) is 19. The topological polar surface area (TPSA) is 400 Å². The first-order chi connectivity index (χ1) is 58.0. The standard InChI is InChI=1S/C22H33N5O4Si.C19H25N5O4.C16H27BrN4O3Si.C16H18N4O4.C6H7NO.C4H9Br/c1-7-8-9-26-20(28)18-19(25(3)22(26)29)24-21(31-17-12-16(2)13-23-14-17)27(18)15-30-10-11-32(4,5)6;1-4-5-7-23-15-16(21-18(23)28-14-10-13(2)11-20-12-14)22(3)19(27)24(17(15)26)8-6-9-25;1-6-7-8-20-14(22)12-13(19(2)16(20)23)18-15(17)21(12)11-24-9-10-25(3,4)5;1-10-6-11(9-17-8-10)24-13-7-12-14(18-13)19(2)16(23)20(15(12)22)4-3-5-21;1-5-2-6(8)4-7-3-5;1-2-3-4-5/h12-14H,7-11,15H2,1-6H3;10-12,25H,4-9H2,1-3H3;6-11H2,1-5H3;6,8-9,21H,3-5,7H2,1-2H3;2-4,8H,1H3;2-4H2,1H3. The minimum absolute atomic E-state index is 0.0854. The summed E-state index contributed by atoms with van der Waals surface area (Å²) in [6.07, 6.45) is 21.5. The fraction of sp³-hybridized carbons (Fsp3) is 0.518. The number of aromatic hydroxyl groups is 1. The van der Waals surface area contributed by atoms with Crippen molar-refractivity contribution in [2.75, 3.05) is 31.8 Å². The van der Waals surface area contributed by atoms with Crippen LogP contribution >= 0.6 is 31.9 Å². The molecule has 0 spiro atoms. The van der Waals surface area contributed by atoms with E-state index < -0.39 is 33.1 Å². The van der Waals surface area contributed by atoms with Crippen LogP contribution in [0.2, 0.25) is 51.4 Å². The smallest absolute Gasteiger partial charge is 0.332 e. The van der Waals surface area contributed by atoms with Gasteiger partial charge in [-0.05, 0) is 141 Å². The number of halogens is 2. The van der Waals surface area contributed by atoms with Gasteiger partial charge in [-0.25, -0.2) is 24.2 Å². The molecule has 0 atom stereocenters. The average Bonchev–Trinajstić information content (AvgIpc) is 1.61. The van der Waals surface area contributed by atoms with Gasteiger partial charge in [0, 0.05) is 134 Å². The Labute approximate surface area is 726 Å². The summed E-state index contributed by atoms with van der Waals surface area (Å²) in [6.45, 7) is 32.6. The molecule has 0 saturated carbocycles. The molecule has 12 heterocycles. The monoisotopic (exact) mass is 1850 g/mol. The molecule has 0 fully saturated rings. The largest absolute Gasteiger partial charge is 0.506 e. The van der Waals surface area contributed by atoms with E-state index in [0.29, 0.717) is 107 Å². The second kappa shape index (κ2) is 46.9. The van der Waals surface area contributed by atoms with Gasteiger partial charge in [-0.15, -0.1) is 0 Å². The second-order valence-corrected chi connectivity index (χ2v) is 44.7.